The molecule has 0 fully saturated rings. The maximum atomic E-state index is 10.4. The fourth-order valence-corrected chi connectivity index (χ4v) is 0.951. The van der Waals surface area contributed by atoms with E-state index in [4.69, 9.17) is 5.11 Å². The third kappa shape index (κ3) is 6.34. The van der Waals surface area contributed by atoms with Gasteiger partial charge in [0.2, 0.25) is 0 Å². The van der Waals surface area contributed by atoms with E-state index in [-0.39, 0.29) is 5.57 Å². The van der Waals surface area contributed by atoms with Gasteiger partial charge in [0.05, 0.1) is 0 Å². The Labute approximate surface area is 80.0 Å². The van der Waals surface area contributed by atoms with Gasteiger partial charge < -0.3 is 10.0 Å². The largest absolute Gasteiger partial charge is 0.478 e. The quantitative estimate of drug-likeness (QED) is 0.639. The molecule has 0 saturated heterocycles. The summed E-state index contributed by atoms with van der Waals surface area (Å²) in [6.07, 6.45) is 1.09. The summed E-state index contributed by atoms with van der Waals surface area (Å²) in [7, 11) is 1.91. The van der Waals surface area contributed by atoms with Crippen LogP contribution in [0.1, 0.15) is 20.3 Å². The lowest BCUT2D eigenvalue weighted by molar-refractivity contribution is -0.132. The Balaban J connectivity index is 3.68. The van der Waals surface area contributed by atoms with Crippen LogP contribution in [0.2, 0.25) is 0 Å². The first-order valence-corrected chi connectivity index (χ1v) is 4.53. The van der Waals surface area contributed by atoms with Crippen LogP contribution < -0.4 is 0 Å². The third-order valence-electron chi connectivity index (χ3n) is 1.85. The van der Waals surface area contributed by atoms with Crippen LogP contribution in [0.25, 0.3) is 0 Å². The number of carboxylic acids is 1. The predicted molar refractivity (Wildman–Crippen MR) is 53.7 cm³/mol. The van der Waals surface area contributed by atoms with Crippen LogP contribution in [-0.4, -0.2) is 36.1 Å². The molecule has 3 nitrogen and oxygen atoms in total. The number of rotatable bonds is 6. The smallest absolute Gasteiger partial charge is 0.332 e. The molecule has 76 valence electrons. The minimum atomic E-state index is -0.906. The highest BCUT2D eigenvalue weighted by Gasteiger charge is 2.07. The number of hydrogen-bond acceptors (Lipinski definition) is 2. The number of nitrogens with zero attached hydrogens (tertiary/aromatic N) is 1. The normalized spacial score (nSPS) is 10.8. The van der Waals surface area contributed by atoms with Crippen molar-refractivity contribution >= 4 is 5.97 Å². The van der Waals surface area contributed by atoms with Crippen molar-refractivity contribution in [2.24, 2.45) is 5.92 Å². The molecule has 13 heavy (non-hydrogen) atoms. The van der Waals surface area contributed by atoms with Crippen molar-refractivity contribution in [3.05, 3.63) is 12.2 Å². The van der Waals surface area contributed by atoms with E-state index >= 15 is 0 Å². The highest BCUT2D eigenvalue weighted by molar-refractivity contribution is 5.86. The zero-order valence-corrected chi connectivity index (χ0v) is 8.71. The summed E-state index contributed by atoms with van der Waals surface area (Å²) in [5.74, 6) is -0.253. The summed E-state index contributed by atoms with van der Waals surface area (Å²) >= 11 is 0. The van der Waals surface area contributed by atoms with Gasteiger partial charge in [-0.15, -0.1) is 0 Å². The van der Waals surface area contributed by atoms with Gasteiger partial charge in [0, 0.05) is 12.1 Å². The monoisotopic (exact) mass is 185 g/mol. The van der Waals surface area contributed by atoms with Crippen LogP contribution in [0, 0.1) is 5.92 Å². The van der Waals surface area contributed by atoms with E-state index in [0.29, 0.717) is 12.5 Å². The molecule has 1 N–H and O–H groups in total. The number of likely N-dealkylation sites (N-methyl/N-ethyl adjacent to an activating group) is 1. The number of aliphatic carboxylic acids is 1. The van der Waals surface area contributed by atoms with Crippen molar-refractivity contribution in [2.75, 3.05) is 20.1 Å². The third-order valence-corrected chi connectivity index (χ3v) is 1.85. The van der Waals surface area contributed by atoms with Crippen LogP contribution >= 0.6 is 0 Å². The van der Waals surface area contributed by atoms with Gasteiger partial charge in [-0.1, -0.05) is 20.4 Å². The SMILES string of the molecule is C=C(CN(C)CCC(C)C)C(=O)O. The van der Waals surface area contributed by atoms with Crippen LogP contribution in [0.3, 0.4) is 0 Å². The van der Waals surface area contributed by atoms with Crippen LogP contribution in [0.5, 0.6) is 0 Å². The Morgan fingerprint density at radius 3 is 2.46 bits per heavy atom. The molecule has 0 aromatic heterocycles. The first-order chi connectivity index (χ1) is 5.93. The molecule has 0 unspecified atom stereocenters. The highest BCUT2D eigenvalue weighted by atomic mass is 16.4. The van der Waals surface area contributed by atoms with Gasteiger partial charge in [-0.25, -0.2) is 4.79 Å². The molecule has 0 aliphatic heterocycles. The van der Waals surface area contributed by atoms with Gasteiger partial charge in [0.15, 0.2) is 0 Å². The second-order valence-electron chi connectivity index (χ2n) is 3.83. The molecule has 0 spiro atoms. The Morgan fingerprint density at radius 2 is 2.08 bits per heavy atom. The minimum absolute atomic E-state index is 0.256. The Hall–Kier alpha value is -0.830. The zero-order chi connectivity index (χ0) is 10.4. The Morgan fingerprint density at radius 1 is 1.54 bits per heavy atom. The number of carbonyl (C=O) groups is 1. The van der Waals surface area contributed by atoms with Crippen molar-refractivity contribution in [3.63, 3.8) is 0 Å². The summed E-state index contributed by atoms with van der Waals surface area (Å²) in [5, 5.41) is 8.58. The van der Waals surface area contributed by atoms with Crippen molar-refractivity contribution in [2.45, 2.75) is 20.3 Å². The summed E-state index contributed by atoms with van der Waals surface area (Å²) in [5.41, 5.74) is 0.256. The Bertz CT molecular complexity index is 187. The van der Waals surface area contributed by atoms with E-state index in [1.807, 2.05) is 11.9 Å². The fraction of sp³-hybridized carbons (Fsp3) is 0.700. The van der Waals surface area contributed by atoms with Gasteiger partial charge in [0.25, 0.3) is 0 Å². The molecule has 3 heteroatoms. The lowest BCUT2D eigenvalue weighted by atomic mass is 10.1. The van der Waals surface area contributed by atoms with Crippen molar-refractivity contribution in [1.29, 1.82) is 0 Å². The first kappa shape index (κ1) is 12.2. The average Bonchev–Trinajstić information content (AvgIpc) is 2.00. The second kappa shape index (κ2) is 5.75. The van der Waals surface area contributed by atoms with Gasteiger partial charge >= 0.3 is 5.97 Å². The molecule has 0 aliphatic rings. The molecule has 0 aromatic rings. The van der Waals surface area contributed by atoms with Crippen LogP contribution in [-0.2, 0) is 4.79 Å². The van der Waals surface area contributed by atoms with Crippen LogP contribution in [0.15, 0.2) is 12.2 Å². The predicted octanol–water partition coefficient (Wildman–Crippen LogP) is 1.61. The molecular formula is C10H19NO2. The van der Waals surface area contributed by atoms with Gasteiger partial charge in [-0.05, 0) is 25.9 Å². The van der Waals surface area contributed by atoms with Crippen LogP contribution in [0.4, 0.5) is 0 Å². The maximum absolute atomic E-state index is 10.4. The lowest BCUT2D eigenvalue weighted by Gasteiger charge is -2.17. The van der Waals surface area contributed by atoms with Crippen molar-refractivity contribution < 1.29 is 9.90 Å². The number of carboxylic acid groups (broad SMARTS) is 1. The highest BCUT2D eigenvalue weighted by Crippen LogP contribution is 2.02. The van der Waals surface area contributed by atoms with Gasteiger partial charge in [0.1, 0.15) is 0 Å². The van der Waals surface area contributed by atoms with E-state index in [2.05, 4.69) is 20.4 Å². The lowest BCUT2D eigenvalue weighted by Crippen LogP contribution is -2.25. The summed E-state index contributed by atoms with van der Waals surface area (Å²) in [6, 6.07) is 0. The van der Waals surface area contributed by atoms with E-state index in [0.717, 1.165) is 13.0 Å². The summed E-state index contributed by atoms with van der Waals surface area (Å²) in [4.78, 5) is 12.4. The van der Waals surface area contributed by atoms with E-state index < -0.39 is 5.97 Å². The molecule has 0 aliphatic carbocycles. The Kier molecular flexibility index (Phi) is 5.39. The van der Waals surface area contributed by atoms with Crippen molar-refractivity contribution in [3.8, 4) is 0 Å². The molecule has 0 atom stereocenters. The molecular weight excluding hydrogens is 166 g/mol. The topological polar surface area (TPSA) is 40.5 Å². The van der Waals surface area contributed by atoms with Crippen molar-refractivity contribution in [1.82, 2.24) is 4.90 Å². The van der Waals surface area contributed by atoms with E-state index in [9.17, 15) is 4.79 Å². The van der Waals surface area contributed by atoms with Gasteiger partial charge in [-0.2, -0.15) is 0 Å². The minimum Gasteiger partial charge on any atom is -0.478 e. The summed E-state index contributed by atoms with van der Waals surface area (Å²) < 4.78 is 0. The molecule has 0 aromatic carbocycles. The zero-order valence-electron chi connectivity index (χ0n) is 8.71. The molecule has 0 rings (SSSR count). The van der Waals surface area contributed by atoms with Gasteiger partial charge in [-0.3, -0.25) is 0 Å². The maximum Gasteiger partial charge on any atom is 0.332 e. The molecule has 0 radical (unpaired) electrons. The summed E-state index contributed by atoms with van der Waals surface area (Å²) in [6.45, 7) is 9.15. The molecule has 0 saturated carbocycles. The fourth-order valence-electron chi connectivity index (χ4n) is 0.951. The van der Waals surface area contributed by atoms with E-state index in [1.165, 1.54) is 0 Å². The average molecular weight is 185 g/mol. The molecule has 0 bridgehead atoms. The first-order valence-electron chi connectivity index (χ1n) is 4.53. The standard InChI is InChI=1S/C10H19NO2/c1-8(2)5-6-11(4)7-9(3)10(12)13/h8H,3,5-7H2,1-2,4H3,(H,12,13). The molecule has 0 amide bonds. The number of hydrogen-bond donors (Lipinski definition) is 1. The second-order valence-corrected chi connectivity index (χ2v) is 3.83. The molecule has 0 heterocycles. The van der Waals surface area contributed by atoms with E-state index in [1.54, 1.807) is 0 Å².